The molecule has 0 radical (unpaired) electrons. The Balaban J connectivity index is 1.59. The van der Waals surface area contributed by atoms with Gasteiger partial charge in [-0.05, 0) is 54.4 Å². The van der Waals surface area contributed by atoms with E-state index in [0.717, 1.165) is 5.56 Å². The van der Waals surface area contributed by atoms with Crippen LogP contribution in [0.5, 0.6) is 0 Å². The Morgan fingerprint density at radius 2 is 1.80 bits per heavy atom. The van der Waals surface area contributed by atoms with Gasteiger partial charge in [0, 0.05) is 24.9 Å². The lowest BCUT2D eigenvalue weighted by molar-refractivity contribution is -0.116. The van der Waals surface area contributed by atoms with E-state index in [4.69, 9.17) is 0 Å². The first kappa shape index (κ1) is 17.2. The number of fused-ring (bicyclic) bond motifs is 1. The summed E-state index contributed by atoms with van der Waals surface area (Å²) in [6, 6.07) is 8.50. The molecule has 0 unspecified atom stereocenters. The molecule has 0 saturated carbocycles. The highest BCUT2D eigenvalue weighted by Crippen LogP contribution is 2.24. The van der Waals surface area contributed by atoms with Crippen LogP contribution in [0.3, 0.4) is 0 Å². The van der Waals surface area contributed by atoms with Crippen LogP contribution in [0.15, 0.2) is 36.4 Å². The number of ketones is 1. The Morgan fingerprint density at radius 3 is 2.56 bits per heavy atom. The van der Waals surface area contributed by atoms with Gasteiger partial charge in [-0.25, -0.2) is 8.78 Å². The molecular weight excluding hydrogens is 326 g/mol. The maximum Gasteiger partial charge on any atom is 0.224 e. The molecule has 6 heteroatoms. The van der Waals surface area contributed by atoms with Crippen LogP contribution in [-0.2, 0) is 17.8 Å². The zero-order chi connectivity index (χ0) is 17.8. The van der Waals surface area contributed by atoms with Crippen molar-refractivity contribution in [1.29, 1.82) is 0 Å². The predicted octanol–water partition coefficient (Wildman–Crippen LogP) is 3.21. The van der Waals surface area contributed by atoms with Crippen LogP contribution < -0.4 is 10.6 Å². The normalized spacial score (nSPS) is 13.2. The Morgan fingerprint density at radius 1 is 1.04 bits per heavy atom. The molecule has 0 atom stereocenters. The number of amides is 1. The largest absolute Gasteiger partial charge is 0.324 e. The number of Topliss-reactive ketones (excluding diaryl/α,β-unsaturated/α-hetero) is 1. The van der Waals surface area contributed by atoms with Gasteiger partial charge in [-0.2, -0.15) is 0 Å². The average molecular weight is 344 g/mol. The van der Waals surface area contributed by atoms with Crippen LogP contribution in [0.1, 0.15) is 34.3 Å². The van der Waals surface area contributed by atoms with Gasteiger partial charge in [0.25, 0.3) is 0 Å². The summed E-state index contributed by atoms with van der Waals surface area (Å²) in [6.45, 7) is 1.32. The highest BCUT2D eigenvalue weighted by molar-refractivity contribution is 6.00. The molecule has 1 aliphatic rings. The lowest BCUT2D eigenvalue weighted by atomic mass is 9.99. The minimum absolute atomic E-state index is 0.0199. The van der Waals surface area contributed by atoms with E-state index < -0.39 is 17.5 Å². The molecule has 3 rings (SSSR count). The maximum absolute atomic E-state index is 14.5. The van der Waals surface area contributed by atoms with Crippen molar-refractivity contribution in [2.75, 3.05) is 11.9 Å². The molecule has 2 aromatic carbocycles. The molecule has 0 spiro atoms. The molecule has 2 aromatic rings. The topological polar surface area (TPSA) is 58.2 Å². The quantitative estimate of drug-likeness (QED) is 0.819. The van der Waals surface area contributed by atoms with E-state index in [1.165, 1.54) is 24.3 Å². The summed E-state index contributed by atoms with van der Waals surface area (Å²) in [5, 5.41) is 5.69. The van der Waals surface area contributed by atoms with Gasteiger partial charge in [0.15, 0.2) is 5.78 Å². The van der Waals surface area contributed by atoms with Crippen molar-refractivity contribution in [2.24, 2.45) is 0 Å². The van der Waals surface area contributed by atoms with Crippen molar-refractivity contribution in [3.63, 3.8) is 0 Å². The number of anilines is 1. The van der Waals surface area contributed by atoms with Gasteiger partial charge in [-0.1, -0.05) is 6.07 Å². The number of carbonyl (C=O) groups excluding carboxylic acids is 2. The third-order valence-electron chi connectivity index (χ3n) is 4.23. The van der Waals surface area contributed by atoms with E-state index in [0.29, 0.717) is 30.6 Å². The minimum Gasteiger partial charge on any atom is -0.324 e. The molecule has 0 saturated heterocycles. The summed E-state index contributed by atoms with van der Waals surface area (Å²) in [4.78, 5) is 24.0. The summed E-state index contributed by atoms with van der Waals surface area (Å²) in [5.41, 5.74) is 2.01. The van der Waals surface area contributed by atoms with Crippen LogP contribution in [0.4, 0.5) is 14.5 Å². The van der Waals surface area contributed by atoms with E-state index in [1.54, 1.807) is 12.1 Å². The molecule has 25 heavy (non-hydrogen) atoms. The summed E-state index contributed by atoms with van der Waals surface area (Å²) in [5.74, 6) is -1.51. The molecular formula is C19H18F2N2O2. The monoisotopic (exact) mass is 344 g/mol. The second kappa shape index (κ2) is 7.53. The van der Waals surface area contributed by atoms with Crippen molar-refractivity contribution in [3.05, 3.63) is 64.7 Å². The standard InChI is InChI=1S/C19H18F2N2O2/c20-14-4-1-12(2-5-14)17(24)7-8-18(25)23-16-6-3-13-11-22-10-9-15(13)19(16)21/h1-6,22H,7-11H2,(H,23,25). The number of nitrogens with one attached hydrogen (secondary N) is 2. The summed E-state index contributed by atoms with van der Waals surface area (Å²) >= 11 is 0. The highest BCUT2D eigenvalue weighted by Gasteiger charge is 2.18. The van der Waals surface area contributed by atoms with E-state index in [-0.39, 0.29) is 24.3 Å². The fraction of sp³-hybridized carbons (Fsp3) is 0.263. The van der Waals surface area contributed by atoms with Crippen molar-refractivity contribution in [1.82, 2.24) is 5.32 Å². The zero-order valence-electron chi connectivity index (χ0n) is 13.6. The summed E-state index contributed by atoms with van der Waals surface area (Å²) < 4.78 is 27.3. The Hall–Kier alpha value is -2.60. The smallest absolute Gasteiger partial charge is 0.224 e. The lowest BCUT2D eigenvalue weighted by Crippen LogP contribution is -2.25. The number of carbonyl (C=O) groups is 2. The highest BCUT2D eigenvalue weighted by atomic mass is 19.1. The molecule has 2 N–H and O–H groups in total. The molecule has 1 amide bonds. The number of hydrogen-bond acceptors (Lipinski definition) is 3. The number of halogens is 2. The molecule has 0 aromatic heterocycles. The fourth-order valence-electron chi connectivity index (χ4n) is 2.85. The van der Waals surface area contributed by atoms with Gasteiger partial charge < -0.3 is 10.6 Å². The van der Waals surface area contributed by atoms with E-state index in [1.807, 2.05) is 0 Å². The predicted molar refractivity (Wildman–Crippen MR) is 90.4 cm³/mol. The van der Waals surface area contributed by atoms with Crippen molar-refractivity contribution in [3.8, 4) is 0 Å². The molecule has 1 heterocycles. The Kier molecular flexibility index (Phi) is 5.19. The molecule has 130 valence electrons. The molecule has 0 fully saturated rings. The number of benzene rings is 2. The average Bonchev–Trinajstić information content (AvgIpc) is 2.63. The first-order valence-corrected chi connectivity index (χ1v) is 8.14. The fourth-order valence-corrected chi connectivity index (χ4v) is 2.85. The Labute approximate surface area is 144 Å². The van der Waals surface area contributed by atoms with E-state index in [9.17, 15) is 18.4 Å². The van der Waals surface area contributed by atoms with Gasteiger partial charge >= 0.3 is 0 Å². The summed E-state index contributed by atoms with van der Waals surface area (Å²) in [6.07, 6.45) is 0.496. The van der Waals surface area contributed by atoms with E-state index in [2.05, 4.69) is 10.6 Å². The van der Waals surface area contributed by atoms with Crippen LogP contribution >= 0.6 is 0 Å². The third-order valence-corrected chi connectivity index (χ3v) is 4.23. The molecule has 1 aliphatic heterocycles. The van der Waals surface area contributed by atoms with Crippen molar-refractivity contribution >= 4 is 17.4 Å². The van der Waals surface area contributed by atoms with Gasteiger partial charge in [0.1, 0.15) is 11.6 Å². The second-order valence-corrected chi connectivity index (χ2v) is 5.97. The van der Waals surface area contributed by atoms with Crippen LogP contribution in [-0.4, -0.2) is 18.2 Å². The molecule has 4 nitrogen and oxygen atoms in total. The summed E-state index contributed by atoms with van der Waals surface area (Å²) in [7, 11) is 0. The van der Waals surface area contributed by atoms with Crippen molar-refractivity contribution in [2.45, 2.75) is 25.8 Å². The Bertz CT molecular complexity index is 804. The second-order valence-electron chi connectivity index (χ2n) is 5.97. The van der Waals surface area contributed by atoms with Crippen LogP contribution in [0.2, 0.25) is 0 Å². The van der Waals surface area contributed by atoms with Crippen molar-refractivity contribution < 1.29 is 18.4 Å². The van der Waals surface area contributed by atoms with Gasteiger partial charge in [0.2, 0.25) is 5.91 Å². The first-order chi connectivity index (χ1) is 12.0. The minimum atomic E-state index is -0.428. The van der Waals surface area contributed by atoms with Gasteiger partial charge in [-0.15, -0.1) is 0 Å². The van der Waals surface area contributed by atoms with E-state index >= 15 is 0 Å². The number of hydrogen-bond donors (Lipinski definition) is 2. The lowest BCUT2D eigenvalue weighted by Gasteiger charge is -2.19. The first-order valence-electron chi connectivity index (χ1n) is 8.14. The third kappa shape index (κ3) is 4.09. The maximum atomic E-state index is 14.5. The molecule has 0 bridgehead atoms. The van der Waals surface area contributed by atoms with Crippen LogP contribution in [0, 0.1) is 11.6 Å². The SMILES string of the molecule is O=C(CCC(=O)c1ccc(F)cc1)Nc1ccc2c(c1F)CCNC2. The number of rotatable bonds is 5. The zero-order valence-corrected chi connectivity index (χ0v) is 13.6. The van der Waals surface area contributed by atoms with Crippen LogP contribution in [0.25, 0.3) is 0 Å². The van der Waals surface area contributed by atoms with Gasteiger partial charge in [-0.3, -0.25) is 9.59 Å². The van der Waals surface area contributed by atoms with Gasteiger partial charge in [0.05, 0.1) is 5.69 Å². The molecule has 0 aliphatic carbocycles.